The number of aliphatic hydroxyl groups is 1. The molecule has 1 unspecified atom stereocenters. The minimum absolute atomic E-state index is 0.0283. The molecule has 2 heterocycles. The second kappa shape index (κ2) is 10.7. The van der Waals surface area contributed by atoms with Gasteiger partial charge in [-0.1, -0.05) is 43.6 Å². The van der Waals surface area contributed by atoms with E-state index in [0.29, 0.717) is 34.4 Å². The second-order valence-corrected chi connectivity index (χ2v) is 9.34. The molecule has 6 nitrogen and oxygen atoms in total. The van der Waals surface area contributed by atoms with Gasteiger partial charge in [-0.15, -0.1) is 0 Å². The first-order chi connectivity index (χ1) is 16.8. The van der Waals surface area contributed by atoms with Crippen molar-refractivity contribution in [2.24, 2.45) is 5.92 Å². The zero-order valence-corrected chi connectivity index (χ0v) is 20.4. The van der Waals surface area contributed by atoms with Crippen LogP contribution in [-0.2, 0) is 16.1 Å². The van der Waals surface area contributed by atoms with E-state index in [0.717, 1.165) is 12.0 Å². The molecule has 1 N–H and O–H groups in total. The summed E-state index contributed by atoms with van der Waals surface area (Å²) in [5, 5.41) is 11.7. The fourth-order valence-corrected chi connectivity index (χ4v) is 4.15. The molecule has 2 aromatic carbocycles. The minimum atomic E-state index is -0.792. The quantitative estimate of drug-likeness (QED) is 0.246. The van der Waals surface area contributed by atoms with Gasteiger partial charge < -0.3 is 14.7 Å². The Bertz CT molecular complexity index is 1240. The van der Waals surface area contributed by atoms with Gasteiger partial charge in [-0.2, -0.15) is 0 Å². The molecule has 3 aromatic rings. The van der Waals surface area contributed by atoms with E-state index in [1.165, 1.54) is 4.90 Å². The molecule has 1 atom stereocenters. The van der Waals surface area contributed by atoms with Crippen molar-refractivity contribution >= 4 is 29.1 Å². The van der Waals surface area contributed by atoms with Gasteiger partial charge in [-0.05, 0) is 65.9 Å². The Labute approximate surface area is 209 Å². The molecule has 4 rings (SSSR count). The van der Waals surface area contributed by atoms with Gasteiger partial charge in [0.15, 0.2) is 0 Å². The highest BCUT2D eigenvalue weighted by Gasteiger charge is 2.46. The first kappa shape index (κ1) is 24.5. The van der Waals surface area contributed by atoms with Gasteiger partial charge >= 0.3 is 0 Å². The standard InChI is InChI=1S/C28H27ClN2O4/c1-18(2)12-14-35-23-7-3-6-21(15-23)25-24(26(32)20-8-10-22(29)11-9-20)27(33)28(34)31(25)17-19-5-4-13-30-16-19/h3-11,13,15-16,18,25,32H,12,14,17H2,1-2H3/b26-24+. The number of aliphatic hydroxyl groups excluding tert-OH is 1. The molecule has 1 aliphatic rings. The van der Waals surface area contributed by atoms with Crippen LogP contribution < -0.4 is 4.74 Å². The molecular weight excluding hydrogens is 464 g/mol. The lowest BCUT2D eigenvalue weighted by atomic mass is 9.95. The summed E-state index contributed by atoms with van der Waals surface area (Å²) < 4.78 is 5.93. The summed E-state index contributed by atoms with van der Waals surface area (Å²) in [4.78, 5) is 32.0. The lowest BCUT2D eigenvalue weighted by Gasteiger charge is -2.25. The summed E-state index contributed by atoms with van der Waals surface area (Å²) >= 11 is 6.00. The molecular formula is C28H27ClN2O4. The molecule has 0 saturated carbocycles. The molecule has 7 heteroatoms. The zero-order valence-electron chi connectivity index (χ0n) is 19.6. The van der Waals surface area contributed by atoms with E-state index < -0.39 is 17.7 Å². The molecule has 0 bridgehead atoms. The molecule has 0 spiro atoms. The van der Waals surface area contributed by atoms with Gasteiger partial charge in [0, 0.05) is 29.5 Å². The van der Waals surface area contributed by atoms with Crippen molar-refractivity contribution in [1.82, 2.24) is 9.88 Å². The van der Waals surface area contributed by atoms with E-state index in [2.05, 4.69) is 18.8 Å². The van der Waals surface area contributed by atoms with Crippen LogP contribution in [0.1, 0.15) is 43.0 Å². The lowest BCUT2D eigenvalue weighted by molar-refractivity contribution is -0.140. The summed E-state index contributed by atoms with van der Waals surface area (Å²) in [6, 6.07) is 16.6. The van der Waals surface area contributed by atoms with Gasteiger partial charge in [-0.3, -0.25) is 14.6 Å². The second-order valence-electron chi connectivity index (χ2n) is 8.90. The van der Waals surface area contributed by atoms with E-state index in [1.807, 2.05) is 30.3 Å². The van der Waals surface area contributed by atoms with E-state index >= 15 is 0 Å². The Kier molecular flexibility index (Phi) is 7.51. The maximum absolute atomic E-state index is 13.2. The van der Waals surface area contributed by atoms with Crippen molar-refractivity contribution in [2.45, 2.75) is 32.9 Å². The van der Waals surface area contributed by atoms with E-state index in [1.54, 1.807) is 42.7 Å². The number of amides is 1. The van der Waals surface area contributed by atoms with Crippen molar-refractivity contribution in [3.05, 3.63) is 100 Å². The monoisotopic (exact) mass is 490 g/mol. The van der Waals surface area contributed by atoms with Crippen molar-refractivity contribution < 1.29 is 19.4 Å². The fraction of sp³-hybridized carbons (Fsp3) is 0.250. The highest BCUT2D eigenvalue weighted by molar-refractivity contribution is 6.46. The number of hydrogen-bond donors (Lipinski definition) is 1. The van der Waals surface area contributed by atoms with Crippen LogP contribution in [0.3, 0.4) is 0 Å². The summed E-state index contributed by atoms with van der Waals surface area (Å²) in [5.41, 5.74) is 1.88. The number of halogens is 1. The molecule has 1 amide bonds. The predicted octanol–water partition coefficient (Wildman–Crippen LogP) is 5.78. The molecule has 0 aliphatic carbocycles. The third kappa shape index (κ3) is 5.54. The maximum atomic E-state index is 13.2. The maximum Gasteiger partial charge on any atom is 0.295 e. The average molecular weight is 491 g/mol. The Hall–Kier alpha value is -3.64. The molecule has 1 fully saturated rings. The number of aromatic nitrogens is 1. The summed E-state index contributed by atoms with van der Waals surface area (Å²) in [6.07, 6.45) is 4.20. The van der Waals surface area contributed by atoms with Gasteiger partial charge in [-0.25, -0.2) is 0 Å². The average Bonchev–Trinajstić information content (AvgIpc) is 3.09. The van der Waals surface area contributed by atoms with Crippen molar-refractivity contribution in [1.29, 1.82) is 0 Å². The van der Waals surface area contributed by atoms with Crippen LogP contribution in [0.25, 0.3) is 5.76 Å². The third-order valence-electron chi connectivity index (χ3n) is 5.87. The minimum Gasteiger partial charge on any atom is -0.507 e. The Morgan fingerprint density at radius 3 is 2.57 bits per heavy atom. The smallest absolute Gasteiger partial charge is 0.295 e. The summed E-state index contributed by atoms with van der Waals surface area (Å²) in [6.45, 7) is 4.98. The molecule has 1 saturated heterocycles. The topological polar surface area (TPSA) is 79.7 Å². The molecule has 35 heavy (non-hydrogen) atoms. The highest BCUT2D eigenvalue weighted by atomic mass is 35.5. The lowest BCUT2D eigenvalue weighted by Crippen LogP contribution is -2.29. The fourth-order valence-electron chi connectivity index (χ4n) is 4.03. The van der Waals surface area contributed by atoms with Gasteiger partial charge in [0.05, 0.1) is 18.2 Å². The van der Waals surface area contributed by atoms with Gasteiger partial charge in [0.25, 0.3) is 11.7 Å². The first-order valence-electron chi connectivity index (χ1n) is 11.5. The number of carbonyl (C=O) groups is 2. The largest absolute Gasteiger partial charge is 0.507 e. The number of pyridine rings is 1. The zero-order chi connectivity index (χ0) is 24.9. The van der Waals surface area contributed by atoms with Crippen LogP contribution in [0.15, 0.2) is 78.6 Å². The van der Waals surface area contributed by atoms with Crippen molar-refractivity contribution in [3.63, 3.8) is 0 Å². The number of ketones is 1. The summed E-state index contributed by atoms with van der Waals surface area (Å²) in [7, 11) is 0. The van der Waals surface area contributed by atoms with Gasteiger partial charge in [0.1, 0.15) is 11.5 Å². The van der Waals surface area contributed by atoms with Crippen molar-refractivity contribution in [2.75, 3.05) is 6.61 Å². The van der Waals surface area contributed by atoms with E-state index in [9.17, 15) is 14.7 Å². The Balaban J connectivity index is 1.78. The molecule has 180 valence electrons. The van der Waals surface area contributed by atoms with Crippen LogP contribution in [0.4, 0.5) is 0 Å². The van der Waals surface area contributed by atoms with Crippen LogP contribution in [0.5, 0.6) is 5.75 Å². The van der Waals surface area contributed by atoms with Crippen LogP contribution in [0, 0.1) is 5.92 Å². The van der Waals surface area contributed by atoms with E-state index in [-0.39, 0.29) is 17.9 Å². The molecule has 0 radical (unpaired) electrons. The number of carbonyl (C=O) groups excluding carboxylic acids is 2. The number of benzene rings is 2. The normalized spacial score (nSPS) is 17.3. The van der Waals surface area contributed by atoms with E-state index in [4.69, 9.17) is 16.3 Å². The number of nitrogens with zero attached hydrogens (tertiary/aromatic N) is 2. The third-order valence-corrected chi connectivity index (χ3v) is 6.12. The molecule has 1 aliphatic heterocycles. The Morgan fingerprint density at radius 2 is 1.89 bits per heavy atom. The number of hydrogen-bond acceptors (Lipinski definition) is 5. The predicted molar refractivity (Wildman–Crippen MR) is 135 cm³/mol. The van der Waals surface area contributed by atoms with Crippen LogP contribution in [0.2, 0.25) is 5.02 Å². The SMILES string of the molecule is CC(C)CCOc1cccc(C2/C(=C(\O)c3ccc(Cl)cc3)C(=O)C(=O)N2Cc2cccnc2)c1. The number of ether oxygens (including phenoxy) is 1. The van der Waals surface area contributed by atoms with Crippen molar-refractivity contribution in [3.8, 4) is 5.75 Å². The number of Topliss-reactive ketones (excluding diaryl/α,β-unsaturated/α-hetero) is 1. The number of rotatable bonds is 8. The first-order valence-corrected chi connectivity index (χ1v) is 11.9. The van der Waals surface area contributed by atoms with Crippen LogP contribution >= 0.6 is 11.6 Å². The van der Waals surface area contributed by atoms with Crippen LogP contribution in [-0.4, -0.2) is 33.3 Å². The van der Waals surface area contributed by atoms with Gasteiger partial charge in [0.2, 0.25) is 0 Å². The highest BCUT2D eigenvalue weighted by Crippen LogP contribution is 2.41. The molecule has 1 aromatic heterocycles. The summed E-state index contributed by atoms with van der Waals surface area (Å²) in [5.74, 6) is -0.520. The number of likely N-dealkylation sites (tertiary alicyclic amines) is 1. The Morgan fingerprint density at radius 1 is 1.11 bits per heavy atom.